The lowest BCUT2D eigenvalue weighted by Gasteiger charge is -2.00. The van der Waals surface area contributed by atoms with E-state index in [4.69, 9.17) is 5.73 Å². The molecule has 0 bridgehead atoms. The van der Waals surface area contributed by atoms with Crippen LogP contribution in [0.15, 0.2) is 28.9 Å². The molecule has 0 fully saturated rings. The first-order valence-corrected chi connectivity index (χ1v) is 4.46. The molecule has 2 rings (SSSR count). The second-order valence-corrected chi connectivity index (χ2v) is 3.58. The van der Waals surface area contributed by atoms with Crippen molar-refractivity contribution in [2.24, 2.45) is 0 Å². The molecular weight excluding hydrogens is 235 g/mol. The Kier molecular flexibility index (Phi) is 1.92. The molecule has 2 nitrogen and oxygen atoms in total. The zero-order valence-corrected chi connectivity index (χ0v) is 8.18. The highest BCUT2D eigenvalue weighted by molar-refractivity contribution is 9.10. The van der Waals surface area contributed by atoms with Gasteiger partial charge in [-0.2, -0.15) is 0 Å². The van der Waals surface area contributed by atoms with Gasteiger partial charge in [0, 0.05) is 11.6 Å². The molecule has 0 atom stereocenters. The predicted molar refractivity (Wildman–Crippen MR) is 53.8 cm³/mol. The van der Waals surface area contributed by atoms with Crippen LogP contribution in [0.5, 0.6) is 0 Å². The lowest BCUT2D eigenvalue weighted by Crippen LogP contribution is -1.89. The van der Waals surface area contributed by atoms with Crippen LogP contribution in [-0.4, -0.2) is 4.98 Å². The number of benzene rings is 1. The van der Waals surface area contributed by atoms with Crippen LogP contribution in [0.2, 0.25) is 0 Å². The van der Waals surface area contributed by atoms with Gasteiger partial charge in [-0.1, -0.05) is 0 Å². The number of hydrogen-bond acceptors (Lipinski definition) is 2. The van der Waals surface area contributed by atoms with Gasteiger partial charge in [0.25, 0.3) is 0 Å². The van der Waals surface area contributed by atoms with Gasteiger partial charge in [0.05, 0.1) is 4.47 Å². The molecule has 4 heteroatoms. The fourth-order valence-corrected chi connectivity index (χ4v) is 1.52. The molecule has 0 radical (unpaired) electrons. The summed E-state index contributed by atoms with van der Waals surface area (Å²) in [6.45, 7) is 0. The highest BCUT2D eigenvalue weighted by Gasteiger charge is 2.02. The first kappa shape index (κ1) is 8.44. The number of rotatable bonds is 0. The van der Waals surface area contributed by atoms with Crippen LogP contribution in [0.3, 0.4) is 0 Å². The zero-order valence-electron chi connectivity index (χ0n) is 6.59. The Morgan fingerprint density at radius 2 is 2.00 bits per heavy atom. The van der Waals surface area contributed by atoms with Crippen LogP contribution in [0, 0.1) is 5.82 Å². The van der Waals surface area contributed by atoms with Crippen molar-refractivity contribution in [1.82, 2.24) is 4.98 Å². The molecule has 1 aromatic carbocycles. The summed E-state index contributed by atoms with van der Waals surface area (Å²) in [6, 6.07) is 4.75. The topological polar surface area (TPSA) is 38.9 Å². The van der Waals surface area contributed by atoms with Crippen molar-refractivity contribution >= 4 is 32.5 Å². The van der Waals surface area contributed by atoms with Crippen LogP contribution >= 0.6 is 15.9 Å². The van der Waals surface area contributed by atoms with Crippen molar-refractivity contribution in [2.75, 3.05) is 5.73 Å². The Morgan fingerprint density at radius 1 is 1.23 bits per heavy atom. The fourth-order valence-electron chi connectivity index (χ4n) is 1.16. The first-order valence-electron chi connectivity index (χ1n) is 3.67. The largest absolute Gasteiger partial charge is 0.384 e. The Hall–Kier alpha value is -1.16. The Bertz CT molecular complexity index is 470. The fraction of sp³-hybridized carbons (Fsp3) is 0. The summed E-state index contributed by atoms with van der Waals surface area (Å²) in [5.41, 5.74) is 5.47. The first-order chi connectivity index (χ1) is 6.16. The predicted octanol–water partition coefficient (Wildman–Crippen LogP) is 2.72. The number of aromatic nitrogens is 1. The van der Waals surface area contributed by atoms with Crippen LogP contribution < -0.4 is 5.73 Å². The van der Waals surface area contributed by atoms with Gasteiger partial charge in [-0.05, 0) is 39.5 Å². The second-order valence-electron chi connectivity index (χ2n) is 2.72. The van der Waals surface area contributed by atoms with Gasteiger partial charge in [-0.3, -0.25) is 0 Å². The maximum atomic E-state index is 13.1. The highest BCUT2D eigenvalue weighted by Crippen LogP contribution is 2.23. The summed E-state index contributed by atoms with van der Waals surface area (Å²) >= 11 is 3.10. The molecule has 0 amide bonds. The SMILES string of the molecule is Nc1cc2cc(F)c(Br)cc2cn1. The molecule has 0 aliphatic rings. The summed E-state index contributed by atoms with van der Waals surface area (Å²) in [5.74, 6) is 0.104. The number of fused-ring (bicyclic) bond motifs is 1. The van der Waals surface area contributed by atoms with Gasteiger partial charge in [-0.25, -0.2) is 9.37 Å². The molecule has 0 saturated heterocycles. The Morgan fingerprint density at radius 3 is 2.77 bits per heavy atom. The van der Waals surface area contributed by atoms with Crippen LogP contribution in [0.25, 0.3) is 10.8 Å². The van der Waals surface area contributed by atoms with E-state index >= 15 is 0 Å². The minimum atomic E-state index is -0.293. The van der Waals surface area contributed by atoms with Gasteiger partial charge in [-0.15, -0.1) is 0 Å². The van der Waals surface area contributed by atoms with Crippen molar-refractivity contribution in [3.63, 3.8) is 0 Å². The molecule has 66 valence electrons. The van der Waals surface area contributed by atoms with E-state index in [0.717, 1.165) is 10.8 Å². The van der Waals surface area contributed by atoms with E-state index < -0.39 is 0 Å². The average Bonchev–Trinajstić information content (AvgIpc) is 2.08. The molecule has 13 heavy (non-hydrogen) atoms. The molecular formula is C9H6BrFN2. The summed E-state index contributed by atoms with van der Waals surface area (Å²) < 4.78 is 13.5. The van der Waals surface area contributed by atoms with Crippen molar-refractivity contribution in [2.45, 2.75) is 0 Å². The number of halogens is 2. The molecule has 0 saturated carbocycles. The molecule has 2 aromatic rings. The third-order valence-electron chi connectivity index (χ3n) is 1.78. The second kappa shape index (κ2) is 2.96. The van der Waals surface area contributed by atoms with E-state index in [1.54, 1.807) is 18.3 Å². The summed E-state index contributed by atoms with van der Waals surface area (Å²) in [7, 11) is 0. The van der Waals surface area contributed by atoms with E-state index in [1.165, 1.54) is 6.07 Å². The smallest absolute Gasteiger partial charge is 0.138 e. The van der Waals surface area contributed by atoms with Crippen molar-refractivity contribution in [1.29, 1.82) is 0 Å². The van der Waals surface area contributed by atoms with Gasteiger partial charge in [0.15, 0.2) is 0 Å². The Balaban J connectivity index is 2.81. The lowest BCUT2D eigenvalue weighted by molar-refractivity contribution is 0.623. The molecule has 2 N–H and O–H groups in total. The molecule has 1 aromatic heterocycles. The third kappa shape index (κ3) is 1.49. The van der Waals surface area contributed by atoms with Crippen LogP contribution in [0.4, 0.5) is 10.2 Å². The number of pyridine rings is 1. The van der Waals surface area contributed by atoms with E-state index in [1.807, 2.05) is 0 Å². The molecule has 0 aliphatic carbocycles. The monoisotopic (exact) mass is 240 g/mol. The minimum Gasteiger partial charge on any atom is -0.384 e. The van der Waals surface area contributed by atoms with E-state index in [0.29, 0.717) is 10.3 Å². The molecule has 1 heterocycles. The summed E-state index contributed by atoms with van der Waals surface area (Å²) in [4.78, 5) is 3.91. The number of nitrogens with two attached hydrogens (primary N) is 1. The maximum absolute atomic E-state index is 13.1. The number of nitrogen functional groups attached to an aromatic ring is 1. The molecule has 0 spiro atoms. The van der Waals surface area contributed by atoms with Crippen molar-refractivity contribution < 1.29 is 4.39 Å². The van der Waals surface area contributed by atoms with Gasteiger partial charge < -0.3 is 5.73 Å². The van der Waals surface area contributed by atoms with Crippen molar-refractivity contribution in [3.05, 3.63) is 34.7 Å². The normalized spacial score (nSPS) is 10.6. The Labute approximate surface area is 82.7 Å². The van der Waals surface area contributed by atoms with Gasteiger partial charge in [0.2, 0.25) is 0 Å². The third-order valence-corrected chi connectivity index (χ3v) is 2.39. The number of hydrogen-bond donors (Lipinski definition) is 1. The van der Waals surface area contributed by atoms with Gasteiger partial charge >= 0.3 is 0 Å². The minimum absolute atomic E-state index is 0.293. The maximum Gasteiger partial charge on any atom is 0.138 e. The van der Waals surface area contributed by atoms with Crippen molar-refractivity contribution in [3.8, 4) is 0 Å². The average molecular weight is 241 g/mol. The van der Waals surface area contributed by atoms with E-state index in [-0.39, 0.29) is 5.82 Å². The number of nitrogens with zero attached hydrogens (tertiary/aromatic N) is 1. The standard InChI is InChI=1S/C9H6BrFN2/c10-7-1-6-4-13-9(12)3-5(6)2-8(7)11/h1-4H,(H2,12,13). The summed E-state index contributed by atoms with van der Waals surface area (Å²) in [5, 5.41) is 1.62. The molecule has 0 unspecified atom stereocenters. The number of anilines is 1. The lowest BCUT2D eigenvalue weighted by atomic mass is 10.2. The quantitative estimate of drug-likeness (QED) is 0.770. The molecule has 0 aliphatic heterocycles. The van der Waals surface area contributed by atoms with Crippen LogP contribution in [-0.2, 0) is 0 Å². The highest BCUT2D eigenvalue weighted by atomic mass is 79.9. The van der Waals surface area contributed by atoms with Gasteiger partial charge in [0.1, 0.15) is 11.6 Å². The van der Waals surface area contributed by atoms with E-state index in [2.05, 4.69) is 20.9 Å². The summed E-state index contributed by atoms with van der Waals surface area (Å²) in [6.07, 6.45) is 1.62. The zero-order chi connectivity index (χ0) is 9.42. The van der Waals surface area contributed by atoms with Crippen LogP contribution in [0.1, 0.15) is 0 Å². The van der Waals surface area contributed by atoms with E-state index in [9.17, 15) is 4.39 Å².